The number of likely N-dealkylation sites (tertiary alicyclic amines) is 1. The van der Waals surface area contributed by atoms with E-state index in [1.807, 2.05) is 0 Å². The first-order valence-corrected chi connectivity index (χ1v) is 5.89. The molecule has 1 heterocycles. The van der Waals surface area contributed by atoms with Crippen molar-refractivity contribution in [1.82, 2.24) is 0 Å². The van der Waals surface area contributed by atoms with Crippen molar-refractivity contribution in [3.8, 4) is 0 Å². The molecular formula is C12H26N+. The molecule has 0 radical (unpaired) electrons. The predicted molar refractivity (Wildman–Crippen MR) is 58.6 cm³/mol. The summed E-state index contributed by atoms with van der Waals surface area (Å²) in [5, 5.41) is 0. The second-order valence-electron chi connectivity index (χ2n) is 5.47. The molecular weight excluding hydrogens is 158 g/mol. The van der Waals surface area contributed by atoms with Gasteiger partial charge in [0.1, 0.15) is 0 Å². The van der Waals surface area contributed by atoms with E-state index in [9.17, 15) is 0 Å². The van der Waals surface area contributed by atoms with E-state index in [-0.39, 0.29) is 0 Å². The highest BCUT2D eigenvalue weighted by atomic mass is 15.3. The standard InChI is InChI=1S/C12H26N/c1-5-7-12-8-11(6-2)9-13(3,4)10-12/h11-12H,5-10H2,1-4H3/q+1. The molecule has 1 fully saturated rings. The molecule has 2 atom stereocenters. The number of hydrogen-bond donors (Lipinski definition) is 0. The van der Waals surface area contributed by atoms with Crippen molar-refractivity contribution in [1.29, 1.82) is 0 Å². The highest BCUT2D eigenvalue weighted by Crippen LogP contribution is 2.29. The van der Waals surface area contributed by atoms with Crippen LogP contribution in [0.15, 0.2) is 0 Å². The van der Waals surface area contributed by atoms with Crippen LogP contribution in [0.1, 0.15) is 39.5 Å². The normalized spacial score (nSPS) is 33.2. The van der Waals surface area contributed by atoms with Crippen molar-refractivity contribution in [3.63, 3.8) is 0 Å². The van der Waals surface area contributed by atoms with Crippen molar-refractivity contribution < 1.29 is 4.48 Å². The fraction of sp³-hybridized carbons (Fsp3) is 1.00. The van der Waals surface area contributed by atoms with E-state index in [0.29, 0.717) is 0 Å². The second-order valence-corrected chi connectivity index (χ2v) is 5.47. The zero-order valence-electron chi connectivity index (χ0n) is 9.84. The number of hydrogen-bond acceptors (Lipinski definition) is 0. The summed E-state index contributed by atoms with van der Waals surface area (Å²) in [6, 6.07) is 0. The van der Waals surface area contributed by atoms with Gasteiger partial charge < -0.3 is 4.48 Å². The first-order chi connectivity index (χ1) is 6.07. The van der Waals surface area contributed by atoms with Gasteiger partial charge >= 0.3 is 0 Å². The van der Waals surface area contributed by atoms with E-state index in [2.05, 4.69) is 27.9 Å². The zero-order valence-corrected chi connectivity index (χ0v) is 9.84. The Morgan fingerprint density at radius 2 is 1.69 bits per heavy atom. The quantitative estimate of drug-likeness (QED) is 0.592. The fourth-order valence-corrected chi connectivity index (χ4v) is 3.01. The van der Waals surface area contributed by atoms with Crippen LogP contribution in [0.5, 0.6) is 0 Å². The molecule has 0 aromatic heterocycles. The SMILES string of the molecule is CCCC1CC(CC)C[N+](C)(C)C1. The topological polar surface area (TPSA) is 0 Å². The molecule has 0 saturated carbocycles. The summed E-state index contributed by atoms with van der Waals surface area (Å²) in [6.07, 6.45) is 5.67. The summed E-state index contributed by atoms with van der Waals surface area (Å²) in [4.78, 5) is 0. The number of rotatable bonds is 3. The van der Waals surface area contributed by atoms with Crippen LogP contribution < -0.4 is 0 Å². The first-order valence-electron chi connectivity index (χ1n) is 5.89. The molecule has 13 heavy (non-hydrogen) atoms. The van der Waals surface area contributed by atoms with Gasteiger partial charge in [0.25, 0.3) is 0 Å². The van der Waals surface area contributed by atoms with Crippen molar-refractivity contribution >= 4 is 0 Å². The molecule has 2 unspecified atom stereocenters. The third-order valence-corrected chi connectivity index (χ3v) is 3.45. The molecule has 0 aliphatic carbocycles. The van der Waals surface area contributed by atoms with Gasteiger partial charge in [0, 0.05) is 11.8 Å². The number of nitrogens with zero attached hydrogens (tertiary/aromatic N) is 1. The maximum atomic E-state index is 2.39. The van der Waals surface area contributed by atoms with E-state index < -0.39 is 0 Å². The lowest BCUT2D eigenvalue weighted by Gasteiger charge is -2.42. The lowest BCUT2D eigenvalue weighted by molar-refractivity contribution is -0.902. The minimum Gasteiger partial charge on any atom is -0.328 e. The number of piperidine rings is 1. The van der Waals surface area contributed by atoms with Crippen LogP contribution in [0, 0.1) is 11.8 Å². The predicted octanol–water partition coefficient (Wildman–Crippen LogP) is 2.91. The average molecular weight is 184 g/mol. The molecule has 1 saturated heterocycles. The Bertz CT molecular complexity index is 151. The Hall–Kier alpha value is -0.0400. The summed E-state index contributed by atoms with van der Waals surface area (Å²) in [5.74, 6) is 1.99. The third-order valence-electron chi connectivity index (χ3n) is 3.45. The lowest BCUT2D eigenvalue weighted by Crippen LogP contribution is -2.51. The molecule has 0 N–H and O–H groups in total. The Morgan fingerprint density at radius 3 is 2.23 bits per heavy atom. The van der Waals surface area contributed by atoms with E-state index in [4.69, 9.17) is 0 Å². The monoisotopic (exact) mass is 184 g/mol. The van der Waals surface area contributed by atoms with Crippen LogP contribution in [0.25, 0.3) is 0 Å². The molecule has 0 spiro atoms. The molecule has 0 bridgehead atoms. The van der Waals surface area contributed by atoms with Crippen molar-refractivity contribution in [3.05, 3.63) is 0 Å². The Labute approximate surface area is 83.7 Å². The molecule has 1 aliphatic heterocycles. The molecule has 78 valence electrons. The molecule has 1 nitrogen and oxygen atoms in total. The third kappa shape index (κ3) is 3.30. The van der Waals surface area contributed by atoms with Crippen molar-refractivity contribution in [2.45, 2.75) is 39.5 Å². The Kier molecular flexibility index (Phi) is 3.78. The van der Waals surface area contributed by atoms with Crippen LogP contribution in [0.4, 0.5) is 0 Å². The van der Waals surface area contributed by atoms with Crippen LogP contribution >= 0.6 is 0 Å². The minimum absolute atomic E-state index is 0.986. The van der Waals surface area contributed by atoms with Gasteiger partial charge in [-0.2, -0.15) is 0 Å². The smallest absolute Gasteiger partial charge is 0.0811 e. The highest BCUT2D eigenvalue weighted by Gasteiger charge is 2.32. The molecule has 0 amide bonds. The Morgan fingerprint density at radius 1 is 1.08 bits per heavy atom. The van der Waals surface area contributed by atoms with Crippen LogP contribution in [-0.2, 0) is 0 Å². The van der Waals surface area contributed by atoms with E-state index >= 15 is 0 Å². The van der Waals surface area contributed by atoms with E-state index in [1.165, 1.54) is 43.3 Å². The van der Waals surface area contributed by atoms with Gasteiger partial charge in [-0.05, 0) is 19.3 Å². The van der Waals surface area contributed by atoms with E-state index in [0.717, 1.165) is 11.8 Å². The maximum absolute atomic E-state index is 2.39. The van der Waals surface area contributed by atoms with Gasteiger partial charge in [-0.15, -0.1) is 0 Å². The molecule has 1 rings (SSSR count). The van der Waals surface area contributed by atoms with E-state index in [1.54, 1.807) is 0 Å². The van der Waals surface area contributed by atoms with Crippen LogP contribution in [-0.4, -0.2) is 31.7 Å². The van der Waals surface area contributed by atoms with Crippen LogP contribution in [0.3, 0.4) is 0 Å². The molecule has 0 aromatic rings. The van der Waals surface area contributed by atoms with Gasteiger partial charge in [-0.25, -0.2) is 0 Å². The van der Waals surface area contributed by atoms with Gasteiger partial charge in [-0.3, -0.25) is 0 Å². The minimum atomic E-state index is 0.986. The summed E-state index contributed by atoms with van der Waals surface area (Å²) >= 11 is 0. The van der Waals surface area contributed by atoms with Gasteiger partial charge in [-0.1, -0.05) is 20.3 Å². The summed E-state index contributed by atoms with van der Waals surface area (Å²) in [7, 11) is 4.79. The van der Waals surface area contributed by atoms with Gasteiger partial charge in [0.05, 0.1) is 27.2 Å². The van der Waals surface area contributed by atoms with Crippen molar-refractivity contribution in [2.75, 3.05) is 27.2 Å². The van der Waals surface area contributed by atoms with Crippen LogP contribution in [0.2, 0.25) is 0 Å². The average Bonchev–Trinajstić information content (AvgIpc) is 2.02. The largest absolute Gasteiger partial charge is 0.328 e. The van der Waals surface area contributed by atoms with Gasteiger partial charge in [0.2, 0.25) is 0 Å². The first kappa shape index (κ1) is 11.0. The highest BCUT2D eigenvalue weighted by molar-refractivity contribution is 4.70. The Balaban J connectivity index is 2.49. The summed E-state index contributed by atoms with van der Waals surface area (Å²) in [6.45, 7) is 7.47. The lowest BCUT2D eigenvalue weighted by atomic mass is 9.84. The summed E-state index contributed by atoms with van der Waals surface area (Å²) < 4.78 is 1.25. The maximum Gasteiger partial charge on any atom is 0.0811 e. The second kappa shape index (κ2) is 4.45. The molecule has 0 aromatic carbocycles. The fourth-order valence-electron chi connectivity index (χ4n) is 3.01. The summed E-state index contributed by atoms with van der Waals surface area (Å²) in [5.41, 5.74) is 0. The zero-order chi connectivity index (χ0) is 9.90. The number of quaternary nitrogens is 1. The van der Waals surface area contributed by atoms with Gasteiger partial charge in [0.15, 0.2) is 0 Å². The van der Waals surface area contributed by atoms with Crippen molar-refractivity contribution in [2.24, 2.45) is 11.8 Å². The molecule has 1 aliphatic rings. The molecule has 1 heteroatoms.